The molecule has 1 atom stereocenters. The molecule has 1 radical (unpaired) electrons. The Hall–Kier alpha value is 0.350. The third kappa shape index (κ3) is 4.35. The normalized spacial score (nSPS) is 15.0. The molecule has 0 rings (SSSR count). The Bertz CT molecular complexity index is 17.6. The van der Waals surface area contributed by atoms with E-state index in [2.05, 4.69) is 26.5 Å². The molecule has 0 nitrogen and oxygen atoms in total. The van der Waals surface area contributed by atoms with Gasteiger partial charge in [-0.3, -0.25) is 0 Å². The number of thiol groups is 1. The second-order valence-corrected chi connectivity index (χ2v) is 1.79. The molecular formula is C4H9S. The highest BCUT2D eigenvalue weighted by molar-refractivity contribution is 7.81. The van der Waals surface area contributed by atoms with Gasteiger partial charge in [-0.2, -0.15) is 12.6 Å². The van der Waals surface area contributed by atoms with Crippen molar-refractivity contribution in [3.63, 3.8) is 0 Å². The standard InChI is InChI=1S/C4H9S/c1-3-4(2)5/h4-5H,2-3H2,1H3. The molecule has 0 bridgehead atoms. The van der Waals surface area contributed by atoms with Gasteiger partial charge < -0.3 is 0 Å². The van der Waals surface area contributed by atoms with E-state index in [1.165, 1.54) is 0 Å². The van der Waals surface area contributed by atoms with Crippen molar-refractivity contribution in [1.29, 1.82) is 0 Å². The predicted octanol–water partition coefficient (Wildman–Crippen LogP) is 1.53. The van der Waals surface area contributed by atoms with Gasteiger partial charge >= 0.3 is 0 Å². The lowest BCUT2D eigenvalue weighted by Crippen LogP contribution is -1.82. The van der Waals surface area contributed by atoms with Crippen molar-refractivity contribution in [2.24, 2.45) is 0 Å². The van der Waals surface area contributed by atoms with E-state index in [1.807, 2.05) is 0 Å². The first-order valence-electron chi connectivity index (χ1n) is 1.78. The summed E-state index contributed by atoms with van der Waals surface area (Å²) in [7, 11) is 0. The number of rotatable bonds is 1. The molecule has 1 unspecified atom stereocenters. The van der Waals surface area contributed by atoms with Gasteiger partial charge in [0.15, 0.2) is 0 Å². The lowest BCUT2D eigenvalue weighted by atomic mass is 10.4. The van der Waals surface area contributed by atoms with Crippen molar-refractivity contribution in [3.05, 3.63) is 6.92 Å². The average Bonchev–Trinajstić information content (AvgIpc) is 1.38. The molecule has 0 aliphatic heterocycles. The Labute approximate surface area is 39.0 Å². The van der Waals surface area contributed by atoms with Crippen LogP contribution >= 0.6 is 12.6 Å². The summed E-state index contributed by atoms with van der Waals surface area (Å²) in [6.45, 7) is 5.68. The van der Waals surface area contributed by atoms with Gasteiger partial charge in [-0.25, -0.2) is 0 Å². The van der Waals surface area contributed by atoms with E-state index in [0.717, 1.165) is 6.42 Å². The Morgan fingerprint density at radius 2 is 2.20 bits per heavy atom. The maximum Gasteiger partial charge on any atom is 0.00145 e. The maximum absolute atomic E-state index is 3.99. The van der Waals surface area contributed by atoms with E-state index in [4.69, 9.17) is 0 Å². The minimum atomic E-state index is 0.329. The molecule has 0 aliphatic rings. The predicted molar refractivity (Wildman–Crippen MR) is 28.4 cm³/mol. The van der Waals surface area contributed by atoms with E-state index >= 15 is 0 Å². The van der Waals surface area contributed by atoms with Gasteiger partial charge in [-0.1, -0.05) is 6.92 Å². The molecule has 0 saturated heterocycles. The molecular weight excluding hydrogens is 80.1 g/mol. The second-order valence-electron chi connectivity index (χ2n) is 1.06. The van der Waals surface area contributed by atoms with Gasteiger partial charge in [-0.15, -0.1) is 0 Å². The van der Waals surface area contributed by atoms with Crippen molar-refractivity contribution in [3.8, 4) is 0 Å². The highest BCUT2D eigenvalue weighted by Crippen LogP contribution is 1.93. The minimum absolute atomic E-state index is 0.329. The van der Waals surface area contributed by atoms with Crippen molar-refractivity contribution in [1.82, 2.24) is 0 Å². The van der Waals surface area contributed by atoms with Crippen molar-refractivity contribution in [2.75, 3.05) is 0 Å². The molecule has 0 fully saturated rings. The van der Waals surface area contributed by atoms with Crippen LogP contribution in [-0.2, 0) is 0 Å². The van der Waals surface area contributed by atoms with Crippen LogP contribution in [-0.4, -0.2) is 5.25 Å². The van der Waals surface area contributed by atoms with Crippen LogP contribution in [0.1, 0.15) is 13.3 Å². The summed E-state index contributed by atoms with van der Waals surface area (Å²) < 4.78 is 0. The largest absolute Gasteiger partial charge is 0.176 e. The third-order valence-corrected chi connectivity index (χ3v) is 0.836. The third-order valence-electron chi connectivity index (χ3n) is 0.471. The number of hydrogen-bond acceptors (Lipinski definition) is 1. The highest BCUT2D eigenvalue weighted by atomic mass is 32.1. The fourth-order valence-electron chi connectivity index (χ4n) is 0. The van der Waals surface area contributed by atoms with Crippen LogP contribution in [0, 0.1) is 6.92 Å². The monoisotopic (exact) mass is 89.0 g/mol. The zero-order valence-electron chi connectivity index (χ0n) is 3.44. The molecule has 1 heteroatoms. The second kappa shape index (κ2) is 2.58. The van der Waals surface area contributed by atoms with E-state index in [0.29, 0.717) is 5.25 Å². The summed E-state index contributed by atoms with van der Waals surface area (Å²) in [5.74, 6) is 0. The quantitative estimate of drug-likeness (QED) is 0.463. The van der Waals surface area contributed by atoms with Gasteiger partial charge in [0, 0.05) is 5.25 Å². The topological polar surface area (TPSA) is 0 Å². The van der Waals surface area contributed by atoms with Crippen LogP contribution in [0.25, 0.3) is 0 Å². The van der Waals surface area contributed by atoms with E-state index in [-0.39, 0.29) is 0 Å². The zero-order chi connectivity index (χ0) is 4.28. The summed E-state index contributed by atoms with van der Waals surface area (Å²) in [6, 6.07) is 0. The first-order valence-corrected chi connectivity index (χ1v) is 2.30. The van der Waals surface area contributed by atoms with Crippen molar-refractivity contribution in [2.45, 2.75) is 18.6 Å². The van der Waals surface area contributed by atoms with Crippen LogP contribution < -0.4 is 0 Å². The number of hydrogen-bond donors (Lipinski definition) is 1. The van der Waals surface area contributed by atoms with Crippen LogP contribution in [0.2, 0.25) is 0 Å². The van der Waals surface area contributed by atoms with Crippen LogP contribution in [0.5, 0.6) is 0 Å². The van der Waals surface area contributed by atoms with Gasteiger partial charge in [0.05, 0.1) is 0 Å². The first kappa shape index (κ1) is 5.35. The van der Waals surface area contributed by atoms with Crippen molar-refractivity contribution < 1.29 is 0 Å². The van der Waals surface area contributed by atoms with E-state index in [1.54, 1.807) is 0 Å². The Balaban J connectivity index is 2.54. The summed E-state index contributed by atoms with van der Waals surface area (Å²) in [4.78, 5) is 0. The fourth-order valence-corrected chi connectivity index (χ4v) is 0. The van der Waals surface area contributed by atoms with Gasteiger partial charge in [0.2, 0.25) is 0 Å². The lowest BCUT2D eigenvalue weighted by molar-refractivity contribution is 0.982. The van der Waals surface area contributed by atoms with Crippen LogP contribution in [0.15, 0.2) is 0 Å². The maximum atomic E-state index is 3.99. The highest BCUT2D eigenvalue weighted by Gasteiger charge is 1.81. The van der Waals surface area contributed by atoms with Gasteiger partial charge in [-0.05, 0) is 13.3 Å². The molecule has 0 aliphatic carbocycles. The van der Waals surface area contributed by atoms with Crippen LogP contribution in [0.4, 0.5) is 0 Å². The van der Waals surface area contributed by atoms with Gasteiger partial charge in [0.1, 0.15) is 0 Å². The molecule has 0 spiro atoms. The molecule has 0 heterocycles. The van der Waals surface area contributed by atoms with Gasteiger partial charge in [0.25, 0.3) is 0 Å². The SMILES string of the molecule is [CH2]C(S)CC. The summed E-state index contributed by atoms with van der Waals surface area (Å²) >= 11 is 3.99. The molecule has 31 valence electrons. The fraction of sp³-hybridized carbons (Fsp3) is 0.750. The summed E-state index contributed by atoms with van der Waals surface area (Å²) in [5, 5.41) is 0.329. The average molecular weight is 89.2 g/mol. The molecule has 5 heavy (non-hydrogen) atoms. The summed E-state index contributed by atoms with van der Waals surface area (Å²) in [6.07, 6.45) is 1.06. The summed E-state index contributed by atoms with van der Waals surface area (Å²) in [5.41, 5.74) is 0. The van der Waals surface area contributed by atoms with Crippen molar-refractivity contribution >= 4 is 12.6 Å². The Kier molecular flexibility index (Phi) is 2.76. The first-order chi connectivity index (χ1) is 2.27. The van der Waals surface area contributed by atoms with E-state index < -0.39 is 0 Å². The molecule has 0 aromatic heterocycles. The molecule has 0 aromatic rings. The molecule has 0 amide bonds. The molecule has 0 N–H and O–H groups in total. The smallest absolute Gasteiger partial charge is 0.00145 e. The lowest BCUT2D eigenvalue weighted by Gasteiger charge is -1.89. The zero-order valence-corrected chi connectivity index (χ0v) is 4.33. The van der Waals surface area contributed by atoms with Crippen LogP contribution in [0.3, 0.4) is 0 Å². The minimum Gasteiger partial charge on any atom is -0.176 e. The molecule has 0 aromatic carbocycles. The van der Waals surface area contributed by atoms with E-state index in [9.17, 15) is 0 Å². The Morgan fingerprint density at radius 1 is 2.00 bits per heavy atom. The Morgan fingerprint density at radius 3 is 2.20 bits per heavy atom. The molecule has 0 saturated carbocycles.